The van der Waals surface area contributed by atoms with Crippen LogP contribution in [0.15, 0.2) is 23.2 Å². The molecule has 9 nitrogen and oxygen atoms in total. The van der Waals surface area contributed by atoms with Crippen molar-refractivity contribution in [2.24, 2.45) is 0 Å². The minimum Gasteiger partial charge on any atom is -0.392 e. The maximum absolute atomic E-state index is 13.5. The number of carbonyl (C=O) groups excluding carboxylic acids is 1. The van der Waals surface area contributed by atoms with Crippen LogP contribution in [0.3, 0.4) is 0 Å². The molecule has 0 bridgehead atoms. The number of aryl methyl sites for hydroxylation is 1. The molecule has 152 valence electrons. The van der Waals surface area contributed by atoms with E-state index in [1.54, 1.807) is 0 Å². The smallest absolute Gasteiger partial charge is 0.322 e. The van der Waals surface area contributed by atoms with Crippen molar-refractivity contribution in [1.29, 1.82) is 0 Å². The Labute approximate surface area is 166 Å². The number of hydrogen-bond donors (Lipinski definition) is 2. The van der Waals surface area contributed by atoms with Crippen molar-refractivity contribution in [1.82, 2.24) is 14.7 Å². The first kappa shape index (κ1) is 19.4. The van der Waals surface area contributed by atoms with E-state index in [9.17, 15) is 22.7 Å². The molecule has 4 rings (SSSR count). The molecule has 2 N–H and O–H groups in total. The lowest BCUT2D eigenvalue weighted by molar-refractivity contribution is 0.180. The number of nitrogens with one attached hydrogen (secondary N) is 1. The Kier molecular flexibility index (Phi) is 4.76. The second-order valence-corrected chi connectivity index (χ2v) is 9.01. The molecule has 2 aromatic rings. The molecule has 0 aliphatic carbocycles. The lowest BCUT2D eigenvalue weighted by Crippen LogP contribution is -2.39. The van der Waals surface area contributed by atoms with E-state index >= 15 is 0 Å². The molecule has 29 heavy (non-hydrogen) atoms. The van der Waals surface area contributed by atoms with E-state index in [1.165, 1.54) is 21.7 Å². The van der Waals surface area contributed by atoms with E-state index in [1.807, 2.05) is 0 Å². The third-order valence-electron chi connectivity index (χ3n) is 5.04. The summed E-state index contributed by atoms with van der Waals surface area (Å²) < 4.78 is 40.3. The lowest BCUT2D eigenvalue weighted by Gasteiger charge is -2.27. The van der Waals surface area contributed by atoms with E-state index in [4.69, 9.17) is 6.57 Å². The largest absolute Gasteiger partial charge is 0.392 e. The van der Waals surface area contributed by atoms with Gasteiger partial charge in [0.15, 0.2) is 14.9 Å². The van der Waals surface area contributed by atoms with Crippen molar-refractivity contribution in [2.45, 2.75) is 37.1 Å². The summed E-state index contributed by atoms with van der Waals surface area (Å²) >= 11 is 0. The molecule has 1 aromatic heterocycles. The minimum atomic E-state index is -3.73. The standard InChI is InChI=1S/C18H18FN5O4S/c1-20-16-8-11(2-3-14(16)19)21-18(26)23-6-5-15-13(9-23)17-24(22-15)7-4-12(25)10-29(17,27)28/h2-3,8,12,25H,4-7,9-10H2,(H,21,26). The van der Waals surface area contributed by atoms with Gasteiger partial charge in [-0.1, -0.05) is 0 Å². The maximum Gasteiger partial charge on any atom is 0.322 e. The fourth-order valence-corrected chi connectivity index (χ4v) is 5.48. The van der Waals surface area contributed by atoms with Gasteiger partial charge in [0.05, 0.1) is 30.7 Å². The zero-order valence-electron chi connectivity index (χ0n) is 15.3. The van der Waals surface area contributed by atoms with Crippen molar-refractivity contribution in [3.8, 4) is 0 Å². The fourth-order valence-electron chi connectivity index (χ4n) is 3.64. The average Bonchev–Trinajstić information content (AvgIpc) is 3.00. The van der Waals surface area contributed by atoms with Crippen LogP contribution in [-0.4, -0.2) is 52.6 Å². The topological polar surface area (TPSA) is 109 Å². The number of anilines is 1. The van der Waals surface area contributed by atoms with Crippen LogP contribution >= 0.6 is 0 Å². The Hall–Kier alpha value is -2.97. The normalized spacial score (nSPS) is 20.2. The van der Waals surface area contributed by atoms with Crippen LogP contribution in [0.5, 0.6) is 0 Å². The summed E-state index contributed by atoms with van der Waals surface area (Å²) in [5.41, 5.74) is 1.19. The molecule has 2 aliphatic rings. The second-order valence-electron chi connectivity index (χ2n) is 7.06. The Balaban J connectivity index is 1.59. The molecule has 0 saturated carbocycles. The van der Waals surface area contributed by atoms with Gasteiger partial charge in [-0.15, -0.1) is 0 Å². The Bertz CT molecular complexity index is 1140. The highest BCUT2D eigenvalue weighted by atomic mass is 32.2. The van der Waals surface area contributed by atoms with Crippen LogP contribution in [0.1, 0.15) is 17.7 Å². The molecule has 2 amide bonds. The Morgan fingerprint density at radius 1 is 1.38 bits per heavy atom. The zero-order chi connectivity index (χ0) is 20.8. The van der Waals surface area contributed by atoms with Crippen LogP contribution in [0.4, 0.5) is 20.6 Å². The van der Waals surface area contributed by atoms with Gasteiger partial charge < -0.3 is 15.3 Å². The molecule has 2 aliphatic heterocycles. The van der Waals surface area contributed by atoms with Crippen molar-refractivity contribution in [3.05, 3.63) is 46.7 Å². The van der Waals surface area contributed by atoms with Crippen LogP contribution in [0.25, 0.3) is 4.85 Å². The average molecular weight is 419 g/mol. The van der Waals surface area contributed by atoms with E-state index in [0.29, 0.717) is 37.2 Å². The molecule has 11 heteroatoms. The fraction of sp³-hybridized carbons (Fsp3) is 0.389. The molecule has 3 heterocycles. The first-order valence-electron chi connectivity index (χ1n) is 9.01. The molecule has 0 spiro atoms. The second kappa shape index (κ2) is 7.13. The Morgan fingerprint density at radius 2 is 2.17 bits per heavy atom. The van der Waals surface area contributed by atoms with E-state index < -0.39 is 27.8 Å². The van der Waals surface area contributed by atoms with Crippen molar-refractivity contribution in [2.75, 3.05) is 17.6 Å². The number of sulfone groups is 1. The third kappa shape index (κ3) is 3.56. The Morgan fingerprint density at radius 3 is 2.93 bits per heavy atom. The highest BCUT2D eigenvalue weighted by Crippen LogP contribution is 2.30. The predicted octanol–water partition coefficient (Wildman–Crippen LogP) is 1.70. The van der Waals surface area contributed by atoms with Gasteiger partial charge in [-0.3, -0.25) is 4.68 Å². The first-order chi connectivity index (χ1) is 13.8. The molecule has 0 saturated heterocycles. The zero-order valence-corrected chi connectivity index (χ0v) is 16.1. The minimum absolute atomic E-state index is 0.0582. The number of nitrogens with zero attached hydrogens (tertiary/aromatic N) is 4. The van der Waals surface area contributed by atoms with Crippen molar-refractivity contribution < 1.29 is 22.7 Å². The monoisotopic (exact) mass is 419 g/mol. The number of aromatic nitrogens is 2. The summed E-state index contributed by atoms with van der Waals surface area (Å²) in [5.74, 6) is -1.04. The van der Waals surface area contributed by atoms with Crippen LogP contribution in [0, 0.1) is 12.4 Å². The van der Waals surface area contributed by atoms with E-state index in [-0.39, 0.29) is 28.7 Å². The lowest BCUT2D eigenvalue weighted by atomic mass is 10.1. The van der Waals surface area contributed by atoms with E-state index in [0.717, 1.165) is 6.07 Å². The van der Waals surface area contributed by atoms with Gasteiger partial charge in [0.1, 0.15) is 5.82 Å². The van der Waals surface area contributed by atoms with Gasteiger partial charge in [-0.2, -0.15) is 5.10 Å². The summed E-state index contributed by atoms with van der Waals surface area (Å²) in [4.78, 5) is 17.2. The number of rotatable bonds is 1. The van der Waals surface area contributed by atoms with Gasteiger partial charge in [0.25, 0.3) is 0 Å². The molecule has 1 atom stereocenters. The number of carbonyl (C=O) groups is 1. The summed E-state index contributed by atoms with van der Waals surface area (Å²) in [7, 11) is -3.73. The van der Waals surface area contributed by atoms with Crippen molar-refractivity contribution >= 4 is 27.2 Å². The number of fused-ring (bicyclic) bond motifs is 3. The number of aliphatic hydroxyl groups is 1. The molecular formula is C18H18FN5O4S. The molecular weight excluding hydrogens is 401 g/mol. The number of hydrogen-bond acceptors (Lipinski definition) is 5. The molecule has 0 fully saturated rings. The predicted molar refractivity (Wildman–Crippen MR) is 101 cm³/mol. The number of halogens is 1. The molecule has 0 radical (unpaired) electrons. The highest BCUT2D eigenvalue weighted by Gasteiger charge is 2.36. The van der Waals surface area contributed by atoms with Crippen LogP contribution in [-0.2, 0) is 29.3 Å². The molecule has 1 aromatic carbocycles. The number of aliphatic hydroxyl groups excluding tert-OH is 1. The maximum atomic E-state index is 13.5. The SMILES string of the molecule is [C-]#[N+]c1cc(NC(=O)N2CCc3nn4c(c3C2)S(=O)(=O)CC(O)CC4)ccc1F. The number of urea groups is 1. The third-order valence-corrected chi connectivity index (χ3v) is 6.91. The quantitative estimate of drug-likeness (QED) is 0.684. The van der Waals surface area contributed by atoms with Gasteiger partial charge in [0, 0.05) is 30.8 Å². The summed E-state index contributed by atoms with van der Waals surface area (Å²) in [6, 6.07) is 3.22. The summed E-state index contributed by atoms with van der Waals surface area (Å²) in [5, 5.41) is 16.9. The van der Waals surface area contributed by atoms with Gasteiger partial charge >= 0.3 is 6.03 Å². The van der Waals surface area contributed by atoms with Crippen molar-refractivity contribution in [3.63, 3.8) is 0 Å². The molecule has 1 unspecified atom stereocenters. The highest BCUT2D eigenvalue weighted by molar-refractivity contribution is 7.91. The first-order valence-corrected chi connectivity index (χ1v) is 10.7. The number of amides is 2. The van der Waals surface area contributed by atoms with Crippen LogP contribution < -0.4 is 5.32 Å². The van der Waals surface area contributed by atoms with Gasteiger partial charge in [0.2, 0.25) is 5.69 Å². The summed E-state index contributed by atoms with van der Waals surface area (Å²) in [6.07, 6.45) is -0.252. The van der Waals surface area contributed by atoms with Gasteiger partial charge in [-0.25, -0.2) is 22.4 Å². The van der Waals surface area contributed by atoms with E-state index in [2.05, 4.69) is 15.3 Å². The van der Waals surface area contributed by atoms with Crippen LogP contribution in [0.2, 0.25) is 0 Å². The van der Waals surface area contributed by atoms with Gasteiger partial charge in [-0.05, 0) is 24.6 Å². The summed E-state index contributed by atoms with van der Waals surface area (Å²) in [6.45, 7) is 7.65. The number of benzene rings is 1.